The molecule has 3 aromatic rings. The Morgan fingerprint density at radius 1 is 0.964 bits per heavy atom. The van der Waals surface area contributed by atoms with Gasteiger partial charge in [0.2, 0.25) is 0 Å². The topological polar surface area (TPSA) is 76.1 Å². The smallest absolute Gasteiger partial charge is 0.348 e. The molecule has 3 rings (SSSR count). The third-order valence-corrected chi connectivity index (χ3v) is 5.42. The van der Waals surface area contributed by atoms with Crippen molar-refractivity contribution in [2.75, 3.05) is 26.2 Å². The molecule has 1 heterocycles. The van der Waals surface area contributed by atoms with Crippen molar-refractivity contribution in [3.8, 4) is 21.9 Å². The van der Waals surface area contributed by atoms with Crippen LogP contribution in [0.3, 0.4) is 0 Å². The Kier molecular flexibility index (Phi) is 5.65. The highest BCUT2D eigenvalue weighted by Crippen LogP contribution is 2.37. The standard InChI is InChI=1S/C21H19NO5S/c1-22(20(23)14-9-10-16(26-2)17(11-14)27-3)15-12-18(28-19(15)21(24)25)13-7-5-4-6-8-13/h4-12H,1-3H3,(H,24,25). The number of hydrogen-bond acceptors (Lipinski definition) is 5. The Labute approximate surface area is 166 Å². The zero-order valence-electron chi connectivity index (χ0n) is 15.6. The van der Waals surface area contributed by atoms with E-state index < -0.39 is 5.97 Å². The average molecular weight is 397 g/mol. The minimum Gasteiger partial charge on any atom is -0.493 e. The number of carbonyl (C=O) groups is 2. The second-order valence-corrected chi connectivity index (χ2v) is 6.98. The number of rotatable bonds is 6. The van der Waals surface area contributed by atoms with E-state index >= 15 is 0 Å². The molecular formula is C21H19NO5S. The summed E-state index contributed by atoms with van der Waals surface area (Å²) < 4.78 is 10.4. The van der Waals surface area contributed by atoms with Crippen LogP contribution in [-0.4, -0.2) is 38.3 Å². The maximum atomic E-state index is 13.0. The molecule has 0 bridgehead atoms. The number of hydrogen-bond donors (Lipinski definition) is 1. The number of amides is 1. The van der Waals surface area contributed by atoms with Crippen molar-refractivity contribution >= 4 is 28.9 Å². The Bertz CT molecular complexity index is 1010. The second kappa shape index (κ2) is 8.14. The Morgan fingerprint density at radius 2 is 1.64 bits per heavy atom. The van der Waals surface area contributed by atoms with Crippen molar-refractivity contribution in [3.63, 3.8) is 0 Å². The largest absolute Gasteiger partial charge is 0.493 e. The fraction of sp³-hybridized carbons (Fsp3) is 0.143. The molecule has 0 aliphatic rings. The summed E-state index contributed by atoms with van der Waals surface area (Å²) in [7, 11) is 4.56. The predicted molar refractivity (Wildman–Crippen MR) is 109 cm³/mol. The summed E-state index contributed by atoms with van der Waals surface area (Å²) in [5.41, 5.74) is 1.60. The molecule has 1 aromatic heterocycles. The van der Waals surface area contributed by atoms with E-state index in [1.54, 1.807) is 31.3 Å². The zero-order chi connectivity index (χ0) is 20.3. The number of nitrogens with zero attached hydrogens (tertiary/aromatic N) is 1. The molecule has 1 N–H and O–H groups in total. The van der Waals surface area contributed by atoms with Crippen LogP contribution in [0.4, 0.5) is 5.69 Å². The molecule has 0 fully saturated rings. The van der Waals surface area contributed by atoms with Crippen LogP contribution in [-0.2, 0) is 0 Å². The molecule has 1 amide bonds. The third kappa shape index (κ3) is 3.70. The molecule has 6 nitrogen and oxygen atoms in total. The van der Waals surface area contributed by atoms with Gasteiger partial charge in [0.25, 0.3) is 5.91 Å². The normalized spacial score (nSPS) is 10.4. The van der Waals surface area contributed by atoms with E-state index in [1.807, 2.05) is 30.3 Å². The highest BCUT2D eigenvalue weighted by atomic mass is 32.1. The van der Waals surface area contributed by atoms with Crippen LogP contribution in [0.1, 0.15) is 20.0 Å². The first kappa shape index (κ1) is 19.4. The third-order valence-electron chi connectivity index (χ3n) is 4.26. The molecule has 0 spiro atoms. The van der Waals surface area contributed by atoms with Gasteiger partial charge < -0.3 is 19.5 Å². The molecule has 0 radical (unpaired) electrons. The molecule has 0 saturated heterocycles. The number of carboxylic acids is 1. The lowest BCUT2D eigenvalue weighted by Crippen LogP contribution is -2.27. The quantitative estimate of drug-likeness (QED) is 0.667. The van der Waals surface area contributed by atoms with Crippen molar-refractivity contribution < 1.29 is 24.2 Å². The van der Waals surface area contributed by atoms with Gasteiger partial charge in [-0.2, -0.15) is 0 Å². The molecule has 0 aliphatic heterocycles. The number of anilines is 1. The molecule has 0 unspecified atom stereocenters. The van der Waals surface area contributed by atoms with Crippen LogP contribution in [0.25, 0.3) is 10.4 Å². The maximum Gasteiger partial charge on any atom is 0.348 e. The van der Waals surface area contributed by atoms with E-state index in [2.05, 4.69) is 0 Å². The number of ether oxygens (including phenoxy) is 2. The van der Waals surface area contributed by atoms with Crippen molar-refractivity contribution in [2.45, 2.75) is 0 Å². The lowest BCUT2D eigenvalue weighted by atomic mass is 10.1. The summed E-state index contributed by atoms with van der Waals surface area (Å²) in [6, 6.07) is 16.0. The van der Waals surface area contributed by atoms with Crippen molar-refractivity contribution in [2.24, 2.45) is 0 Å². The summed E-state index contributed by atoms with van der Waals surface area (Å²) >= 11 is 1.14. The fourth-order valence-corrected chi connectivity index (χ4v) is 3.83. The van der Waals surface area contributed by atoms with E-state index in [0.717, 1.165) is 21.8 Å². The summed E-state index contributed by atoms with van der Waals surface area (Å²) in [4.78, 5) is 26.9. The highest BCUT2D eigenvalue weighted by molar-refractivity contribution is 7.18. The molecule has 28 heavy (non-hydrogen) atoms. The zero-order valence-corrected chi connectivity index (χ0v) is 16.4. The lowest BCUT2D eigenvalue weighted by Gasteiger charge is -2.18. The fourth-order valence-electron chi connectivity index (χ4n) is 2.80. The van der Waals surface area contributed by atoms with Gasteiger partial charge in [0.05, 0.1) is 19.9 Å². The summed E-state index contributed by atoms with van der Waals surface area (Å²) in [5.74, 6) is -0.486. The van der Waals surface area contributed by atoms with Gasteiger partial charge in [0, 0.05) is 17.5 Å². The van der Waals surface area contributed by atoms with Gasteiger partial charge in [0.15, 0.2) is 11.5 Å². The average Bonchev–Trinajstić information content (AvgIpc) is 3.18. The molecule has 0 aliphatic carbocycles. The van der Waals surface area contributed by atoms with Gasteiger partial charge >= 0.3 is 5.97 Å². The number of carboxylic acid groups (broad SMARTS) is 1. The van der Waals surface area contributed by atoms with Gasteiger partial charge in [-0.05, 0) is 29.8 Å². The van der Waals surface area contributed by atoms with E-state index in [1.165, 1.54) is 19.1 Å². The molecule has 144 valence electrons. The molecule has 7 heteroatoms. The minimum absolute atomic E-state index is 0.107. The van der Waals surface area contributed by atoms with Crippen LogP contribution in [0.5, 0.6) is 11.5 Å². The summed E-state index contributed by atoms with van der Waals surface area (Å²) in [6.07, 6.45) is 0. The van der Waals surface area contributed by atoms with Crippen LogP contribution >= 0.6 is 11.3 Å². The number of aromatic carboxylic acids is 1. The van der Waals surface area contributed by atoms with Crippen molar-refractivity contribution in [1.29, 1.82) is 0 Å². The second-order valence-electron chi connectivity index (χ2n) is 5.93. The van der Waals surface area contributed by atoms with Gasteiger partial charge in [-0.15, -0.1) is 11.3 Å². The van der Waals surface area contributed by atoms with Gasteiger partial charge in [-0.3, -0.25) is 4.79 Å². The Balaban J connectivity index is 1.99. The van der Waals surface area contributed by atoms with Gasteiger partial charge in [-0.25, -0.2) is 4.79 Å². The number of carbonyl (C=O) groups excluding carboxylic acids is 1. The van der Waals surface area contributed by atoms with Gasteiger partial charge in [0.1, 0.15) is 4.88 Å². The van der Waals surface area contributed by atoms with Gasteiger partial charge in [-0.1, -0.05) is 30.3 Å². The highest BCUT2D eigenvalue weighted by Gasteiger charge is 2.24. The van der Waals surface area contributed by atoms with Crippen LogP contribution in [0, 0.1) is 0 Å². The molecule has 0 saturated carbocycles. The first-order valence-corrected chi connectivity index (χ1v) is 9.20. The van der Waals surface area contributed by atoms with E-state index in [0.29, 0.717) is 22.7 Å². The van der Waals surface area contributed by atoms with Crippen LogP contribution in [0.2, 0.25) is 0 Å². The molecular weight excluding hydrogens is 378 g/mol. The SMILES string of the molecule is COc1ccc(C(=O)N(C)c2cc(-c3ccccc3)sc2C(=O)O)cc1OC. The first-order valence-electron chi connectivity index (χ1n) is 8.39. The van der Waals surface area contributed by atoms with E-state index in [-0.39, 0.29) is 10.8 Å². The maximum absolute atomic E-state index is 13.0. The monoisotopic (exact) mass is 397 g/mol. The predicted octanol–water partition coefficient (Wildman–Crippen LogP) is 4.41. The number of thiophene rings is 1. The summed E-state index contributed by atoms with van der Waals surface area (Å²) in [5, 5.41) is 9.61. The Hall–Kier alpha value is -3.32. The number of benzene rings is 2. The first-order chi connectivity index (χ1) is 13.5. The lowest BCUT2D eigenvalue weighted by molar-refractivity contribution is 0.0703. The number of methoxy groups -OCH3 is 2. The Morgan fingerprint density at radius 3 is 2.25 bits per heavy atom. The summed E-state index contributed by atoms with van der Waals surface area (Å²) in [6.45, 7) is 0. The molecule has 0 atom stereocenters. The molecule has 2 aromatic carbocycles. The van der Waals surface area contributed by atoms with Crippen molar-refractivity contribution in [3.05, 3.63) is 65.0 Å². The minimum atomic E-state index is -1.07. The van der Waals surface area contributed by atoms with E-state index in [4.69, 9.17) is 9.47 Å². The van der Waals surface area contributed by atoms with Crippen molar-refractivity contribution in [1.82, 2.24) is 0 Å². The van der Waals surface area contributed by atoms with Crippen LogP contribution < -0.4 is 14.4 Å². The van der Waals surface area contributed by atoms with E-state index in [9.17, 15) is 14.7 Å². The van der Waals surface area contributed by atoms with Crippen LogP contribution in [0.15, 0.2) is 54.6 Å².